The highest BCUT2D eigenvalue weighted by Crippen LogP contribution is 2.37. The Labute approximate surface area is 223 Å². The number of hydrogen-bond acceptors (Lipinski definition) is 7. The van der Waals surface area contributed by atoms with E-state index in [1.54, 1.807) is 47.4 Å². The van der Waals surface area contributed by atoms with Gasteiger partial charge in [-0.25, -0.2) is 0 Å². The van der Waals surface area contributed by atoms with Crippen molar-refractivity contribution in [2.24, 2.45) is 0 Å². The number of ether oxygens (including phenoxy) is 3. The smallest absolute Gasteiger partial charge is 0.293 e. The molecular formula is C25H24Cl2N2O6S. The summed E-state index contributed by atoms with van der Waals surface area (Å²) in [4.78, 5) is 41.0. The van der Waals surface area contributed by atoms with Crippen molar-refractivity contribution in [3.8, 4) is 11.5 Å². The topological polar surface area (TPSA) is 85.4 Å². The van der Waals surface area contributed by atoms with Crippen molar-refractivity contribution in [2.45, 2.75) is 13.5 Å². The van der Waals surface area contributed by atoms with Crippen LogP contribution in [0.5, 0.6) is 11.5 Å². The Morgan fingerprint density at radius 3 is 2.50 bits per heavy atom. The average Bonchev–Trinajstić information content (AvgIpc) is 3.13. The Kier molecular flexibility index (Phi) is 8.79. The highest BCUT2D eigenvalue weighted by atomic mass is 35.5. The molecule has 0 unspecified atom stereocenters. The maximum Gasteiger partial charge on any atom is 0.293 e. The van der Waals surface area contributed by atoms with E-state index in [1.807, 2.05) is 6.92 Å². The molecule has 2 aromatic rings. The number of benzene rings is 2. The molecule has 2 aromatic carbocycles. The number of thioether (sulfide) groups is 1. The lowest BCUT2D eigenvalue weighted by molar-refractivity contribution is -0.137. The van der Waals surface area contributed by atoms with Gasteiger partial charge in [0, 0.05) is 28.7 Å². The molecule has 0 aromatic heterocycles. The van der Waals surface area contributed by atoms with Crippen LogP contribution in [-0.4, -0.2) is 66.4 Å². The molecule has 2 heterocycles. The second-order valence-electron chi connectivity index (χ2n) is 7.89. The van der Waals surface area contributed by atoms with E-state index in [0.717, 1.165) is 16.7 Å². The fourth-order valence-corrected chi connectivity index (χ4v) is 5.03. The van der Waals surface area contributed by atoms with E-state index in [9.17, 15) is 14.4 Å². The quantitative estimate of drug-likeness (QED) is 0.433. The molecule has 0 bridgehead atoms. The van der Waals surface area contributed by atoms with Gasteiger partial charge in [-0.1, -0.05) is 35.3 Å². The third-order valence-electron chi connectivity index (χ3n) is 5.53. The summed E-state index contributed by atoms with van der Waals surface area (Å²) in [5.41, 5.74) is 1.16. The third-order valence-corrected chi connectivity index (χ3v) is 7.15. The van der Waals surface area contributed by atoms with Crippen LogP contribution in [0.15, 0.2) is 41.3 Å². The first-order valence-electron chi connectivity index (χ1n) is 11.3. The Morgan fingerprint density at radius 1 is 1.08 bits per heavy atom. The summed E-state index contributed by atoms with van der Waals surface area (Å²) < 4.78 is 16.7. The Balaban J connectivity index is 1.47. The van der Waals surface area contributed by atoms with Gasteiger partial charge < -0.3 is 19.1 Å². The predicted octanol–water partition coefficient (Wildman–Crippen LogP) is 4.87. The third kappa shape index (κ3) is 6.15. The summed E-state index contributed by atoms with van der Waals surface area (Å²) in [5.74, 6) is 0.285. The number of rotatable bonds is 8. The van der Waals surface area contributed by atoms with Crippen molar-refractivity contribution in [1.82, 2.24) is 9.80 Å². The van der Waals surface area contributed by atoms with Gasteiger partial charge in [-0.15, -0.1) is 0 Å². The van der Waals surface area contributed by atoms with Gasteiger partial charge in [0.25, 0.3) is 17.1 Å². The lowest BCUT2D eigenvalue weighted by Crippen LogP contribution is -2.43. The maximum absolute atomic E-state index is 13.0. The van der Waals surface area contributed by atoms with Crippen LogP contribution in [0, 0.1) is 0 Å². The average molecular weight is 551 g/mol. The van der Waals surface area contributed by atoms with E-state index >= 15 is 0 Å². The molecular weight excluding hydrogens is 527 g/mol. The van der Waals surface area contributed by atoms with Gasteiger partial charge in [0.15, 0.2) is 18.1 Å². The molecule has 8 nitrogen and oxygen atoms in total. The molecule has 2 aliphatic heterocycles. The fourth-order valence-electron chi connectivity index (χ4n) is 3.67. The molecule has 2 saturated heterocycles. The Bertz CT molecular complexity index is 1180. The molecule has 0 spiro atoms. The van der Waals surface area contributed by atoms with Gasteiger partial charge in [-0.3, -0.25) is 19.3 Å². The summed E-state index contributed by atoms with van der Waals surface area (Å²) in [6.45, 7) is 4.18. The van der Waals surface area contributed by atoms with Crippen molar-refractivity contribution in [3.63, 3.8) is 0 Å². The second-order valence-corrected chi connectivity index (χ2v) is 9.70. The van der Waals surface area contributed by atoms with Crippen LogP contribution in [0.2, 0.25) is 10.0 Å². The van der Waals surface area contributed by atoms with Gasteiger partial charge in [0.2, 0.25) is 0 Å². The van der Waals surface area contributed by atoms with E-state index < -0.39 is 11.1 Å². The highest BCUT2D eigenvalue weighted by Gasteiger charge is 2.35. The minimum Gasteiger partial charge on any atom is -0.490 e. The SMILES string of the molecule is CCOc1cc(/C=C2\SC(=O)N(Cc3c(Cl)cccc3Cl)C2=O)ccc1OCC(=O)N1CCOCC1. The number of morpholine rings is 1. The number of imide groups is 1. The number of carbonyl (C=O) groups excluding carboxylic acids is 3. The molecule has 36 heavy (non-hydrogen) atoms. The molecule has 0 aliphatic carbocycles. The molecule has 0 N–H and O–H groups in total. The molecule has 2 fully saturated rings. The zero-order valence-electron chi connectivity index (χ0n) is 19.5. The number of hydrogen-bond donors (Lipinski definition) is 0. The normalized spacial score (nSPS) is 17.1. The van der Waals surface area contributed by atoms with Crippen LogP contribution >= 0.6 is 35.0 Å². The van der Waals surface area contributed by atoms with Gasteiger partial charge in [0.1, 0.15) is 0 Å². The number of carbonyl (C=O) groups is 3. The zero-order valence-corrected chi connectivity index (χ0v) is 21.8. The van der Waals surface area contributed by atoms with Crippen LogP contribution in [0.1, 0.15) is 18.1 Å². The molecule has 3 amide bonds. The lowest BCUT2D eigenvalue weighted by Gasteiger charge is -2.26. The molecule has 4 rings (SSSR count). The van der Waals surface area contributed by atoms with E-state index in [2.05, 4.69) is 0 Å². The van der Waals surface area contributed by atoms with Crippen molar-refractivity contribution in [2.75, 3.05) is 39.5 Å². The molecule has 0 radical (unpaired) electrons. The first-order chi connectivity index (χ1) is 17.4. The lowest BCUT2D eigenvalue weighted by atomic mass is 10.1. The van der Waals surface area contributed by atoms with Gasteiger partial charge in [-0.05, 0) is 54.6 Å². The number of nitrogens with zero attached hydrogens (tertiary/aromatic N) is 2. The summed E-state index contributed by atoms with van der Waals surface area (Å²) >= 11 is 13.3. The second kappa shape index (κ2) is 12.0. The van der Waals surface area contributed by atoms with Crippen molar-refractivity contribution in [3.05, 3.63) is 62.5 Å². The van der Waals surface area contributed by atoms with Crippen LogP contribution in [-0.2, 0) is 20.9 Å². The minimum absolute atomic E-state index is 0.0192. The van der Waals surface area contributed by atoms with Gasteiger partial charge >= 0.3 is 0 Å². The summed E-state index contributed by atoms with van der Waals surface area (Å²) in [6, 6.07) is 10.1. The van der Waals surface area contributed by atoms with Crippen LogP contribution in [0.4, 0.5) is 4.79 Å². The van der Waals surface area contributed by atoms with Crippen LogP contribution in [0.25, 0.3) is 6.08 Å². The number of halogens is 2. The van der Waals surface area contributed by atoms with E-state index in [4.69, 9.17) is 37.4 Å². The summed E-state index contributed by atoms with van der Waals surface area (Å²) in [7, 11) is 0. The molecule has 11 heteroatoms. The Morgan fingerprint density at radius 2 is 1.81 bits per heavy atom. The van der Waals surface area contributed by atoms with E-state index in [1.165, 1.54) is 0 Å². The molecule has 2 aliphatic rings. The molecule has 190 valence electrons. The van der Waals surface area contributed by atoms with Crippen LogP contribution < -0.4 is 9.47 Å². The van der Waals surface area contributed by atoms with Crippen molar-refractivity contribution in [1.29, 1.82) is 0 Å². The van der Waals surface area contributed by atoms with Gasteiger partial charge in [0.05, 0.1) is 31.3 Å². The highest BCUT2D eigenvalue weighted by molar-refractivity contribution is 8.18. The van der Waals surface area contributed by atoms with E-state index in [0.29, 0.717) is 65.6 Å². The first kappa shape index (κ1) is 26.3. The molecule has 0 saturated carbocycles. The standard InChI is InChI=1S/C25H24Cl2N2O6S/c1-2-34-21-12-16(6-7-20(21)35-15-23(30)28-8-10-33-11-9-28)13-22-24(31)29(25(32)36-22)14-17-18(26)4-3-5-19(17)27/h3-7,12-13H,2,8-11,14-15H2,1H3/b22-13-. The zero-order chi connectivity index (χ0) is 25.7. The summed E-state index contributed by atoms with van der Waals surface area (Å²) in [5, 5.41) is 0.359. The predicted molar refractivity (Wildman–Crippen MR) is 138 cm³/mol. The molecule has 0 atom stereocenters. The largest absolute Gasteiger partial charge is 0.490 e. The van der Waals surface area contributed by atoms with Crippen molar-refractivity contribution >= 4 is 58.1 Å². The monoisotopic (exact) mass is 550 g/mol. The van der Waals surface area contributed by atoms with Gasteiger partial charge in [-0.2, -0.15) is 0 Å². The maximum atomic E-state index is 13.0. The Hall–Kier alpha value is -2.72. The number of amides is 3. The fraction of sp³-hybridized carbons (Fsp3) is 0.320. The minimum atomic E-state index is -0.435. The summed E-state index contributed by atoms with van der Waals surface area (Å²) in [6.07, 6.45) is 1.62. The first-order valence-corrected chi connectivity index (χ1v) is 12.9. The van der Waals surface area contributed by atoms with E-state index in [-0.39, 0.29) is 24.0 Å². The van der Waals surface area contributed by atoms with Crippen LogP contribution in [0.3, 0.4) is 0 Å². The van der Waals surface area contributed by atoms with Crippen molar-refractivity contribution < 1.29 is 28.6 Å².